The highest BCUT2D eigenvalue weighted by Gasteiger charge is 2.35. The zero-order valence-electron chi connectivity index (χ0n) is 18.6. The second-order valence-electron chi connectivity index (χ2n) is 8.84. The van der Waals surface area contributed by atoms with E-state index in [1.165, 1.54) is 6.08 Å². The molecule has 0 aromatic heterocycles. The number of hydrogen-bond donors (Lipinski definition) is 2. The van der Waals surface area contributed by atoms with Crippen molar-refractivity contribution in [3.05, 3.63) is 11.8 Å². The average molecular weight is 398 g/mol. The van der Waals surface area contributed by atoms with E-state index in [-0.39, 0.29) is 18.2 Å². The molecule has 0 spiro atoms. The van der Waals surface area contributed by atoms with Crippen molar-refractivity contribution >= 4 is 11.8 Å². The first-order valence-corrected chi connectivity index (χ1v) is 10.2. The third-order valence-corrected chi connectivity index (χ3v) is 5.76. The van der Waals surface area contributed by atoms with E-state index in [0.717, 1.165) is 25.7 Å². The van der Waals surface area contributed by atoms with E-state index < -0.39 is 16.9 Å². The molecule has 0 aromatic rings. The van der Waals surface area contributed by atoms with Gasteiger partial charge < -0.3 is 15.2 Å². The van der Waals surface area contributed by atoms with Crippen molar-refractivity contribution in [3.8, 4) is 0 Å². The Hall–Kier alpha value is -1.44. The molecule has 0 saturated carbocycles. The second kappa shape index (κ2) is 10.4. The molecule has 7 nitrogen and oxygen atoms in total. The fourth-order valence-corrected chi connectivity index (χ4v) is 2.85. The van der Waals surface area contributed by atoms with Crippen LogP contribution in [0.25, 0.3) is 0 Å². The van der Waals surface area contributed by atoms with Crippen molar-refractivity contribution in [1.82, 2.24) is 10.2 Å². The van der Waals surface area contributed by atoms with E-state index >= 15 is 0 Å². The summed E-state index contributed by atoms with van der Waals surface area (Å²) in [5, 5.41) is 2.45. The molecule has 1 aliphatic heterocycles. The lowest BCUT2D eigenvalue weighted by molar-refractivity contribution is -0.173. The lowest BCUT2D eigenvalue weighted by Crippen LogP contribution is -2.57. The lowest BCUT2D eigenvalue weighted by Gasteiger charge is -2.37. The van der Waals surface area contributed by atoms with Crippen molar-refractivity contribution in [1.29, 1.82) is 0 Å². The van der Waals surface area contributed by atoms with Crippen LogP contribution in [0.5, 0.6) is 0 Å². The Bertz CT molecular complexity index is 566. The van der Waals surface area contributed by atoms with Gasteiger partial charge in [0.05, 0.1) is 12.1 Å². The van der Waals surface area contributed by atoms with Crippen molar-refractivity contribution in [2.75, 3.05) is 20.3 Å². The molecule has 1 unspecified atom stereocenters. The fraction of sp³-hybridized carbons (Fsp3) is 0.810. The monoisotopic (exact) mass is 397 g/mol. The number of nitrogens with two attached hydrogens (primary N) is 1. The summed E-state index contributed by atoms with van der Waals surface area (Å²) < 4.78 is 11.4. The number of nitrogens with zero attached hydrogens (tertiary/aromatic N) is 1. The van der Waals surface area contributed by atoms with Gasteiger partial charge in [0.2, 0.25) is 5.91 Å². The lowest BCUT2D eigenvalue weighted by atomic mass is 9.90. The van der Waals surface area contributed by atoms with Gasteiger partial charge in [-0.15, -0.1) is 0 Å². The topological polar surface area (TPSA) is 93.9 Å². The normalized spacial score (nSPS) is 20.1. The van der Waals surface area contributed by atoms with Crippen LogP contribution in [0.2, 0.25) is 0 Å². The van der Waals surface area contributed by atoms with Crippen molar-refractivity contribution in [2.24, 2.45) is 11.1 Å². The Balaban J connectivity index is 2.66. The summed E-state index contributed by atoms with van der Waals surface area (Å²) in [6.07, 6.45) is 4.99. The van der Waals surface area contributed by atoms with Crippen LogP contribution in [0.1, 0.15) is 67.2 Å². The van der Waals surface area contributed by atoms with Crippen LogP contribution >= 0.6 is 0 Å². The number of rotatable bonds is 9. The predicted molar refractivity (Wildman–Crippen MR) is 110 cm³/mol. The molecule has 162 valence electrons. The zero-order valence-corrected chi connectivity index (χ0v) is 18.6. The Morgan fingerprint density at radius 1 is 1.32 bits per heavy atom. The Morgan fingerprint density at radius 3 is 2.50 bits per heavy atom. The van der Waals surface area contributed by atoms with Gasteiger partial charge in [0.25, 0.3) is 5.91 Å². The molecular formula is C21H39N3O4. The summed E-state index contributed by atoms with van der Waals surface area (Å²) >= 11 is 0. The molecule has 0 radical (unpaired) electrons. The third kappa shape index (κ3) is 6.87. The standard InChI is InChI=1S/C21H39N3O4/c1-8-15(2)24(7)21(5,6)19(26)23-17(25)13-16(22)20(3,4)14-28-18-11-9-10-12-27-18/h13,15,18H,8-12,14,22H2,1-7H3,(H,23,25,26)/t15-,18?/m0/s1. The summed E-state index contributed by atoms with van der Waals surface area (Å²) in [6, 6.07) is 0.217. The summed E-state index contributed by atoms with van der Waals surface area (Å²) in [4.78, 5) is 26.9. The maximum Gasteiger partial charge on any atom is 0.252 e. The molecule has 0 aliphatic carbocycles. The van der Waals surface area contributed by atoms with Gasteiger partial charge in [-0.3, -0.25) is 19.8 Å². The van der Waals surface area contributed by atoms with Gasteiger partial charge in [-0.05, 0) is 53.5 Å². The van der Waals surface area contributed by atoms with E-state index in [0.29, 0.717) is 18.9 Å². The van der Waals surface area contributed by atoms with Crippen molar-refractivity contribution in [3.63, 3.8) is 0 Å². The number of ether oxygens (including phenoxy) is 2. The van der Waals surface area contributed by atoms with Crippen LogP contribution in [0.3, 0.4) is 0 Å². The Kier molecular flexibility index (Phi) is 9.11. The van der Waals surface area contributed by atoms with Gasteiger partial charge in [-0.25, -0.2) is 0 Å². The minimum atomic E-state index is -0.815. The molecular weight excluding hydrogens is 358 g/mol. The van der Waals surface area contributed by atoms with Crippen LogP contribution in [-0.2, 0) is 19.1 Å². The van der Waals surface area contributed by atoms with E-state index in [1.54, 1.807) is 13.8 Å². The first kappa shape index (κ1) is 24.6. The predicted octanol–water partition coefficient (Wildman–Crippen LogP) is 2.55. The summed E-state index contributed by atoms with van der Waals surface area (Å²) in [5.41, 5.74) is 5.14. The molecule has 1 fully saturated rings. The van der Waals surface area contributed by atoms with Crippen LogP contribution in [0, 0.1) is 5.41 Å². The fourth-order valence-electron chi connectivity index (χ4n) is 2.85. The number of imide groups is 1. The van der Waals surface area contributed by atoms with Gasteiger partial charge in [0.1, 0.15) is 0 Å². The summed E-state index contributed by atoms with van der Waals surface area (Å²) in [7, 11) is 1.89. The number of likely N-dealkylation sites (N-methyl/N-ethyl adjacent to an activating group) is 1. The number of nitrogens with one attached hydrogen (secondary N) is 1. The molecule has 2 amide bonds. The van der Waals surface area contributed by atoms with E-state index in [1.807, 2.05) is 32.7 Å². The van der Waals surface area contributed by atoms with Gasteiger partial charge in [-0.2, -0.15) is 0 Å². The van der Waals surface area contributed by atoms with Crippen molar-refractivity contribution < 1.29 is 19.1 Å². The maximum absolute atomic E-state index is 12.6. The SMILES string of the molecule is CC[C@H](C)N(C)C(C)(C)C(=O)NC(=O)C=C(N)C(C)(C)COC1CCCCO1. The smallest absolute Gasteiger partial charge is 0.252 e. The van der Waals surface area contributed by atoms with Gasteiger partial charge in [0.15, 0.2) is 6.29 Å². The first-order chi connectivity index (χ1) is 12.9. The molecule has 1 aliphatic rings. The van der Waals surface area contributed by atoms with Gasteiger partial charge in [0, 0.05) is 29.8 Å². The largest absolute Gasteiger partial charge is 0.401 e. The number of carbonyl (C=O) groups excluding carboxylic acids is 2. The first-order valence-electron chi connectivity index (χ1n) is 10.2. The highest BCUT2D eigenvalue weighted by molar-refractivity contribution is 6.04. The van der Waals surface area contributed by atoms with Crippen molar-refractivity contribution in [2.45, 2.75) is 85.1 Å². The minimum absolute atomic E-state index is 0.215. The quantitative estimate of drug-likeness (QED) is 0.581. The summed E-state index contributed by atoms with van der Waals surface area (Å²) in [6.45, 7) is 12.6. The maximum atomic E-state index is 12.6. The number of amides is 2. The highest BCUT2D eigenvalue weighted by Crippen LogP contribution is 2.25. The summed E-state index contributed by atoms with van der Waals surface area (Å²) in [5.74, 6) is -0.871. The number of carbonyl (C=O) groups is 2. The third-order valence-electron chi connectivity index (χ3n) is 5.76. The molecule has 1 saturated heterocycles. The molecule has 3 N–H and O–H groups in total. The molecule has 1 rings (SSSR count). The molecule has 7 heteroatoms. The second-order valence-corrected chi connectivity index (χ2v) is 8.84. The Labute approximate surface area is 170 Å². The van der Waals surface area contributed by atoms with Crippen LogP contribution < -0.4 is 11.1 Å². The van der Waals surface area contributed by atoms with Gasteiger partial charge in [-0.1, -0.05) is 20.8 Å². The minimum Gasteiger partial charge on any atom is -0.401 e. The molecule has 2 atom stereocenters. The van der Waals surface area contributed by atoms with Gasteiger partial charge >= 0.3 is 0 Å². The molecule has 0 bridgehead atoms. The molecule has 28 heavy (non-hydrogen) atoms. The Morgan fingerprint density at radius 2 is 1.96 bits per heavy atom. The van der Waals surface area contributed by atoms with Crippen LogP contribution in [0.4, 0.5) is 0 Å². The molecule has 0 aromatic carbocycles. The highest BCUT2D eigenvalue weighted by atomic mass is 16.7. The van der Waals surface area contributed by atoms with E-state index in [2.05, 4.69) is 12.2 Å². The zero-order chi connectivity index (χ0) is 21.5. The van der Waals surface area contributed by atoms with E-state index in [9.17, 15) is 9.59 Å². The average Bonchev–Trinajstić information content (AvgIpc) is 2.65. The number of hydrogen-bond acceptors (Lipinski definition) is 6. The van der Waals surface area contributed by atoms with Crippen LogP contribution in [0.15, 0.2) is 11.8 Å². The molecule has 1 heterocycles. The van der Waals surface area contributed by atoms with E-state index in [4.69, 9.17) is 15.2 Å². The van der Waals surface area contributed by atoms with Crippen LogP contribution in [-0.4, -0.2) is 54.8 Å².